The fraction of sp³-hybridized carbons (Fsp3) is 0.733. The lowest BCUT2D eigenvalue weighted by molar-refractivity contribution is -0.151. The Balaban J connectivity index is 1.97. The van der Waals surface area contributed by atoms with Gasteiger partial charge in [0.15, 0.2) is 0 Å². The van der Waals surface area contributed by atoms with E-state index in [1.54, 1.807) is 17.5 Å². The number of aliphatic carboxylic acids is 1. The number of hydrogen-bond acceptors (Lipinski definition) is 3. The highest BCUT2D eigenvalue weighted by Crippen LogP contribution is 2.43. The smallest absolute Gasteiger partial charge is 0.310 e. The Bertz CT molecular complexity index is 394. The van der Waals surface area contributed by atoms with Crippen LogP contribution in [0.25, 0.3) is 0 Å². The predicted octanol–water partition coefficient (Wildman–Crippen LogP) is 4.14. The minimum Gasteiger partial charge on any atom is -0.481 e. The summed E-state index contributed by atoms with van der Waals surface area (Å²) in [6, 6.07) is 0. The Kier molecular flexibility index (Phi) is 4.97. The molecular formula is C15H23NO2S. The first-order chi connectivity index (χ1) is 9.16. The maximum atomic E-state index is 11.7. The molecule has 0 saturated heterocycles. The standard InChI is InChI=1S/C15H23NO2S/c1-2-3-4-12-5-7-15(8-6-12,14(17)18)11-13-16-9-10-19-13/h9-10,12H,2-8,11H2,1H3,(H,17,18). The van der Waals surface area contributed by atoms with Crippen molar-refractivity contribution in [1.29, 1.82) is 0 Å². The van der Waals surface area contributed by atoms with Gasteiger partial charge in [0, 0.05) is 18.0 Å². The van der Waals surface area contributed by atoms with Gasteiger partial charge < -0.3 is 5.11 Å². The van der Waals surface area contributed by atoms with Crippen molar-refractivity contribution >= 4 is 17.3 Å². The van der Waals surface area contributed by atoms with E-state index in [-0.39, 0.29) is 0 Å². The third kappa shape index (κ3) is 3.56. The molecule has 3 nitrogen and oxygen atoms in total. The number of nitrogens with zero attached hydrogens (tertiary/aromatic N) is 1. The van der Waals surface area contributed by atoms with E-state index < -0.39 is 11.4 Å². The maximum absolute atomic E-state index is 11.7. The molecule has 1 fully saturated rings. The normalized spacial score (nSPS) is 27.3. The lowest BCUT2D eigenvalue weighted by Gasteiger charge is -2.36. The Morgan fingerprint density at radius 1 is 1.53 bits per heavy atom. The molecule has 0 aliphatic heterocycles. The molecule has 1 N–H and O–H groups in total. The molecular weight excluding hydrogens is 258 g/mol. The fourth-order valence-electron chi connectivity index (χ4n) is 3.11. The van der Waals surface area contributed by atoms with E-state index in [2.05, 4.69) is 11.9 Å². The number of aromatic nitrogens is 1. The van der Waals surface area contributed by atoms with Crippen molar-refractivity contribution in [3.8, 4) is 0 Å². The van der Waals surface area contributed by atoms with Crippen molar-refractivity contribution in [2.75, 3.05) is 0 Å². The molecule has 2 rings (SSSR count). The second-order valence-corrected chi connectivity index (χ2v) is 6.75. The van der Waals surface area contributed by atoms with Crippen molar-refractivity contribution in [3.05, 3.63) is 16.6 Å². The quantitative estimate of drug-likeness (QED) is 0.852. The van der Waals surface area contributed by atoms with Gasteiger partial charge in [-0.05, 0) is 31.6 Å². The number of thiazole rings is 1. The van der Waals surface area contributed by atoms with Gasteiger partial charge in [-0.15, -0.1) is 11.3 Å². The van der Waals surface area contributed by atoms with Crippen LogP contribution in [-0.4, -0.2) is 16.1 Å². The van der Waals surface area contributed by atoms with E-state index in [9.17, 15) is 9.90 Å². The van der Waals surface area contributed by atoms with Crippen LogP contribution in [0.2, 0.25) is 0 Å². The number of carboxylic acid groups (broad SMARTS) is 1. The van der Waals surface area contributed by atoms with Crippen molar-refractivity contribution in [3.63, 3.8) is 0 Å². The molecule has 0 spiro atoms. The first-order valence-corrected chi connectivity index (χ1v) is 8.16. The zero-order valence-electron chi connectivity index (χ0n) is 11.6. The molecule has 0 unspecified atom stereocenters. The summed E-state index contributed by atoms with van der Waals surface area (Å²) in [6.07, 6.45) is 9.92. The molecule has 0 radical (unpaired) electrons. The monoisotopic (exact) mass is 281 g/mol. The molecule has 1 aromatic heterocycles. The van der Waals surface area contributed by atoms with E-state index in [1.807, 2.05) is 5.38 Å². The van der Waals surface area contributed by atoms with Crippen LogP contribution >= 0.6 is 11.3 Å². The number of carbonyl (C=O) groups is 1. The van der Waals surface area contributed by atoms with E-state index in [0.717, 1.165) is 36.6 Å². The molecule has 4 heteroatoms. The van der Waals surface area contributed by atoms with Crippen molar-refractivity contribution < 1.29 is 9.90 Å². The minimum absolute atomic E-state index is 0.555. The minimum atomic E-state index is -0.628. The molecule has 19 heavy (non-hydrogen) atoms. The summed E-state index contributed by atoms with van der Waals surface area (Å²) in [6.45, 7) is 2.22. The van der Waals surface area contributed by atoms with Crippen LogP contribution in [0.1, 0.15) is 56.9 Å². The highest BCUT2D eigenvalue weighted by atomic mass is 32.1. The Hall–Kier alpha value is -0.900. The fourth-order valence-corrected chi connectivity index (χ4v) is 3.87. The van der Waals surface area contributed by atoms with Crippen LogP contribution in [0.15, 0.2) is 11.6 Å². The highest BCUT2D eigenvalue weighted by Gasteiger charge is 2.42. The summed E-state index contributed by atoms with van der Waals surface area (Å²) in [5, 5.41) is 12.5. The first kappa shape index (κ1) is 14.5. The molecule has 0 amide bonds. The third-order valence-electron chi connectivity index (χ3n) is 4.45. The van der Waals surface area contributed by atoms with Crippen LogP contribution in [0.3, 0.4) is 0 Å². The van der Waals surface area contributed by atoms with Crippen LogP contribution in [0, 0.1) is 11.3 Å². The van der Waals surface area contributed by atoms with Gasteiger partial charge >= 0.3 is 5.97 Å². The lowest BCUT2D eigenvalue weighted by Crippen LogP contribution is -2.37. The molecule has 1 aliphatic rings. The predicted molar refractivity (Wildman–Crippen MR) is 77.4 cm³/mol. The average molecular weight is 281 g/mol. The van der Waals surface area contributed by atoms with Crippen LogP contribution < -0.4 is 0 Å². The lowest BCUT2D eigenvalue weighted by atomic mass is 9.68. The van der Waals surface area contributed by atoms with Gasteiger partial charge in [0.05, 0.1) is 10.4 Å². The highest BCUT2D eigenvalue weighted by molar-refractivity contribution is 7.09. The van der Waals surface area contributed by atoms with Gasteiger partial charge in [-0.1, -0.05) is 26.2 Å². The maximum Gasteiger partial charge on any atom is 0.310 e. The SMILES string of the molecule is CCCCC1CCC(Cc2nccs2)(C(=O)O)CC1. The van der Waals surface area contributed by atoms with E-state index >= 15 is 0 Å². The van der Waals surface area contributed by atoms with Crippen molar-refractivity contribution in [2.24, 2.45) is 11.3 Å². The van der Waals surface area contributed by atoms with Crippen LogP contribution in [0.5, 0.6) is 0 Å². The van der Waals surface area contributed by atoms with Gasteiger partial charge in [0.25, 0.3) is 0 Å². The number of rotatable bonds is 6. The topological polar surface area (TPSA) is 50.2 Å². The zero-order valence-corrected chi connectivity index (χ0v) is 12.4. The van der Waals surface area contributed by atoms with Gasteiger partial charge in [-0.25, -0.2) is 4.98 Å². The summed E-state index contributed by atoms with van der Waals surface area (Å²) < 4.78 is 0. The Morgan fingerprint density at radius 3 is 2.79 bits per heavy atom. The molecule has 0 bridgehead atoms. The summed E-state index contributed by atoms with van der Waals surface area (Å²) >= 11 is 1.57. The second-order valence-electron chi connectivity index (χ2n) is 5.77. The second kappa shape index (κ2) is 6.51. The summed E-state index contributed by atoms with van der Waals surface area (Å²) in [4.78, 5) is 16.0. The largest absolute Gasteiger partial charge is 0.481 e. The summed E-state index contributed by atoms with van der Waals surface area (Å²) in [5.41, 5.74) is -0.555. The van der Waals surface area contributed by atoms with Gasteiger partial charge in [0.2, 0.25) is 0 Å². The molecule has 1 saturated carbocycles. The molecule has 1 aromatic rings. The van der Waals surface area contributed by atoms with Gasteiger partial charge in [-0.2, -0.15) is 0 Å². The van der Waals surface area contributed by atoms with Crippen LogP contribution in [-0.2, 0) is 11.2 Å². The molecule has 0 aromatic carbocycles. The van der Waals surface area contributed by atoms with Gasteiger partial charge in [0.1, 0.15) is 0 Å². The first-order valence-electron chi connectivity index (χ1n) is 7.28. The van der Waals surface area contributed by atoms with Gasteiger partial charge in [-0.3, -0.25) is 4.79 Å². The van der Waals surface area contributed by atoms with E-state index in [0.29, 0.717) is 6.42 Å². The number of hydrogen-bond donors (Lipinski definition) is 1. The Morgan fingerprint density at radius 2 is 2.26 bits per heavy atom. The molecule has 1 heterocycles. The number of carboxylic acids is 1. The van der Waals surface area contributed by atoms with E-state index in [1.165, 1.54) is 19.3 Å². The average Bonchev–Trinajstić information content (AvgIpc) is 2.90. The van der Waals surface area contributed by atoms with Crippen LogP contribution in [0.4, 0.5) is 0 Å². The van der Waals surface area contributed by atoms with Crippen molar-refractivity contribution in [1.82, 2.24) is 4.98 Å². The molecule has 0 atom stereocenters. The molecule has 106 valence electrons. The third-order valence-corrected chi connectivity index (χ3v) is 5.23. The Labute approximate surface area is 119 Å². The summed E-state index contributed by atoms with van der Waals surface area (Å²) in [7, 11) is 0. The van der Waals surface area contributed by atoms with Crippen molar-refractivity contribution in [2.45, 2.75) is 58.3 Å². The zero-order chi connectivity index (χ0) is 13.7. The number of unbranched alkanes of at least 4 members (excludes halogenated alkanes) is 1. The van der Waals surface area contributed by atoms with E-state index in [4.69, 9.17) is 0 Å². The summed E-state index contributed by atoms with van der Waals surface area (Å²) in [5.74, 6) is 0.111. The molecule has 1 aliphatic carbocycles.